The Morgan fingerprint density at radius 3 is 2.83 bits per heavy atom. The molecule has 1 saturated carbocycles. The third-order valence-electron chi connectivity index (χ3n) is 5.01. The third-order valence-corrected chi connectivity index (χ3v) is 5.01. The van der Waals surface area contributed by atoms with Crippen molar-refractivity contribution in [2.24, 2.45) is 5.92 Å². The number of rotatable bonds is 7. The number of hydrogen-bond donors (Lipinski definition) is 1. The summed E-state index contributed by atoms with van der Waals surface area (Å²) in [5.74, 6) is 1.06. The van der Waals surface area contributed by atoms with Gasteiger partial charge >= 0.3 is 0 Å². The number of nitrogens with one attached hydrogen (secondary N) is 1. The van der Waals surface area contributed by atoms with Gasteiger partial charge in [-0.15, -0.1) is 0 Å². The largest absolute Gasteiger partial charge is 0.315 e. The van der Waals surface area contributed by atoms with Crippen molar-refractivity contribution >= 4 is 0 Å². The first kappa shape index (κ1) is 14.3. The summed E-state index contributed by atoms with van der Waals surface area (Å²) in [6.07, 6.45) is 11.6. The molecule has 2 heteroatoms. The topological polar surface area (TPSA) is 15.3 Å². The van der Waals surface area contributed by atoms with Gasteiger partial charge in [-0.25, -0.2) is 0 Å². The fourth-order valence-electron chi connectivity index (χ4n) is 4.00. The number of unbranched alkanes of at least 4 members (excludes halogenated alkanes) is 1. The number of nitrogens with zero attached hydrogens (tertiary/aromatic N) is 1. The van der Waals surface area contributed by atoms with Crippen molar-refractivity contribution in [3.8, 4) is 0 Å². The predicted octanol–water partition coefficient (Wildman–Crippen LogP) is 3.42. The zero-order valence-electron chi connectivity index (χ0n) is 12.5. The molecular weight excluding hydrogens is 220 g/mol. The lowest BCUT2D eigenvalue weighted by molar-refractivity contribution is 0.179. The van der Waals surface area contributed by atoms with Crippen LogP contribution in [0.2, 0.25) is 0 Å². The molecule has 0 aromatic carbocycles. The molecule has 18 heavy (non-hydrogen) atoms. The molecule has 2 aliphatic rings. The molecule has 3 atom stereocenters. The monoisotopic (exact) mass is 252 g/mol. The molecule has 0 aromatic heterocycles. The average Bonchev–Trinajstić information content (AvgIpc) is 2.78. The van der Waals surface area contributed by atoms with Crippen molar-refractivity contribution in [1.82, 2.24) is 10.2 Å². The van der Waals surface area contributed by atoms with Gasteiger partial charge in [-0.3, -0.25) is 0 Å². The summed E-state index contributed by atoms with van der Waals surface area (Å²) in [5.41, 5.74) is 0. The van der Waals surface area contributed by atoms with Crippen LogP contribution in [0, 0.1) is 5.92 Å². The maximum atomic E-state index is 3.51. The minimum absolute atomic E-state index is 0.705. The van der Waals surface area contributed by atoms with Gasteiger partial charge in [-0.1, -0.05) is 26.2 Å². The van der Waals surface area contributed by atoms with Gasteiger partial charge in [0.25, 0.3) is 0 Å². The van der Waals surface area contributed by atoms with Crippen LogP contribution in [0.4, 0.5) is 0 Å². The molecule has 0 radical (unpaired) electrons. The van der Waals surface area contributed by atoms with E-state index in [0.29, 0.717) is 6.04 Å². The molecule has 0 bridgehead atoms. The molecule has 2 fully saturated rings. The predicted molar refractivity (Wildman–Crippen MR) is 78.9 cm³/mol. The van der Waals surface area contributed by atoms with E-state index in [9.17, 15) is 0 Å². The molecular formula is C16H32N2. The summed E-state index contributed by atoms with van der Waals surface area (Å²) < 4.78 is 0. The van der Waals surface area contributed by atoms with E-state index in [2.05, 4.69) is 24.1 Å². The summed E-state index contributed by atoms with van der Waals surface area (Å²) in [6, 6.07) is 1.67. The fraction of sp³-hybridized carbons (Fsp3) is 1.00. The molecule has 1 saturated heterocycles. The molecule has 2 nitrogen and oxygen atoms in total. The Balaban J connectivity index is 1.59. The number of fused-ring (bicyclic) bond motifs is 1. The highest BCUT2D eigenvalue weighted by Crippen LogP contribution is 2.36. The van der Waals surface area contributed by atoms with Gasteiger partial charge in [0.15, 0.2) is 0 Å². The zero-order valence-corrected chi connectivity index (χ0v) is 12.5. The average molecular weight is 252 g/mol. The molecule has 1 N–H and O–H groups in total. The van der Waals surface area contributed by atoms with Crippen LogP contribution < -0.4 is 5.32 Å². The second kappa shape index (κ2) is 7.49. The first-order valence-corrected chi connectivity index (χ1v) is 8.28. The highest BCUT2D eigenvalue weighted by Gasteiger charge is 2.34. The first-order valence-electron chi connectivity index (χ1n) is 8.28. The van der Waals surface area contributed by atoms with Gasteiger partial charge in [0.2, 0.25) is 0 Å². The quantitative estimate of drug-likeness (QED) is 0.698. The van der Waals surface area contributed by atoms with Crippen LogP contribution in [0.3, 0.4) is 0 Å². The van der Waals surface area contributed by atoms with Gasteiger partial charge in [0, 0.05) is 12.1 Å². The lowest BCUT2D eigenvalue weighted by atomic mass is 9.85. The smallest absolute Gasteiger partial charge is 0.0124 e. The Kier molecular flexibility index (Phi) is 5.97. The first-order chi connectivity index (χ1) is 8.81. The fourth-order valence-corrected chi connectivity index (χ4v) is 4.00. The molecule has 2 rings (SSSR count). The summed E-state index contributed by atoms with van der Waals surface area (Å²) >= 11 is 0. The lowest BCUT2D eigenvalue weighted by Gasteiger charge is -2.31. The van der Waals surface area contributed by atoms with E-state index < -0.39 is 0 Å². The molecule has 106 valence electrons. The van der Waals surface area contributed by atoms with Gasteiger partial charge < -0.3 is 10.2 Å². The summed E-state index contributed by atoms with van der Waals surface area (Å²) in [4.78, 5) is 2.81. The van der Waals surface area contributed by atoms with E-state index in [-0.39, 0.29) is 0 Å². The minimum atomic E-state index is 0.705. The minimum Gasteiger partial charge on any atom is -0.315 e. The second-order valence-electron chi connectivity index (χ2n) is 6.39. The van der Waals surface area contributed by atoms with Gasteiger partial charge in [-0.2, -0.15) is 0 Å². The van der Waals surface area contributed by atoms with Crippen LogP contribution in [0.15, 0.2) is 0 Å². The summed E-state index contributed by atoms with van der Waals surface area (Å²) in [7, 11) is 0. The van der Waals surface area contributed by atoms with Gasteiger partial charge in [0.05, 0.1) is 0 Å². The lowest BCUT2D eigenvalue weighted by Crippen LogP contribution is -2.35. The second-order valence-corrected chi connectivity index (χ2v) is 6.39. The van der Waals surface area contributed by atoms with E-state index in [1.807, 2.05) is 0 Å². The Hall–Kier alpha value is -0.0800. The van der Waals surface area contributed by atoms with E-state index in [1.54, 1.807) is 0 Å². The van der Waals surface area contributed by atoms with Gasteiger partial charge in [-0.05, 0) is 64.6 Å². The van der Waals surface area contributed by atoms with Crippen molar-refractivity contribution < 1.29 is 0 Å². The van der Waals surface area contributed by atoms with Crippen LogP contribution >= 0.6 is 0 Å². The van der Waals surface area contributed by atoms with Crippen LogP contribution in [-0.4, -0.2) is 36.6 Å². The van der Waals surface area contributed by atoms with E-state index in [0.717, 1.165) is 18.5 Å². The maximum absolute atomic E-state index is 3.51. The van der Waals surface area contributed by atoms with Crippen molar-refractivity contribution in [3.05, 3.63) is 0 Å². The molecule has 1 aliphatic heterocycles. The Bertz CT molecular complexity index is 229. The summed E-state index contributed by atoms with van der Waals surface area (Å²) in [6.45, 7) is 8.37. The third kappa shape index (κ3) is 3.96. The van der Waals surface area contributed by atoms with Gasteiger partial charge in [0.1, 0.15) is 0 Å². The highest BCUT2D eigenvalue weighted by atomic mass is 15.2. The molecule has 1 heterocycles. The normalized spacial score (nSPS) is 30.3. The van der Waals surface area contributed by atoms with E-state index >= 15 is 0 Å². The Labute approximate surface area is 114 Å². The van der Waals surface area contributed by atoms with Crippen molar-refractivity contribution in [1.29, 1.82) is 0 Å². The molecule has 1 aliphatic carbocycles. The standard InChI is InChI=1S/C16H32N2/c1-3-17-14(2)8-6-7-12-18-13-11-15-9-4-5-10-16(15)18/h14-17H,3-13H2,1-2H3. The van der Waals surface area contributed by atoms with Crippen molar-refractivity contribution in [2.75, 3.05) is 19.6 Å². The number of likely N-dealkylation sites (tertiary alicyclic amines) is 1. The van der Waals surface area contributed by atoms with Crippen LogP contribution in [0.5, 0.6) is 0 Å². The SMILES string of the molecule is CCNC(C)CCCCN1CCC2CCCCC21. The molecule has 0 amide bonds. The van der Waals surface area contributed by atoms with Crippen LogP contribution in [0.1, 0.15) is 65.2 Å². The molecule has 0 aromatic rings. The summed E-state index contributed by atoms with van der Waals surface area (Å²) in [5, 5.41) is 3.51. The molecule has 0 spiro atoms. The Morgan fingerprint density at radius 1 is 1.17 bits per heavy atom. The van der Waals surface area contributed by atoms with E-state index in [4.69, 9.17) is 0 Å². The van der Waals surface area contributed by atoms with Crippen molar-refractivity contribution in [2.45, 2.75) is 77.3 Å². The number of hydrogen-bond acceptors (Lipinski definition) is 2. The highest BCUT2D eigenvalue weighted by molar-refractivity contribution is 4.89. The molecule has 3 unspecified atom stereocenters. The maximum Gasteiger partial charge on any atom is 0.0124 e. The van der Waals surface area contributed by atoms with Crippen LogP contribution in [0.25, 0.3) is 0 Å². The van der Waals surface area contributed by atoms with Crippen molar-refractivity contribution in [3.63, 3.8) is 0 Å². The Morgan fingerprint density at radius 2 is 2.00 bits per heavy atom. The van der Waals surface area contributed by atoms with Crippen LogP contribution in [-0.2, 0) is 0 Å². The van der Waals surface area contributed by atoms with E-state index in [1.165, 1.54) is 64.5 Å². The zero-order chi connectivity index (χ0) is 12.8.